The smallest absolute Gasteiger partial charge is 0.343 e. The Kier molecular flexibility index (Phi) is 3.90. The Balaban J connectivity index is 2.29. The van der Waals surface area contributed by atoms with Crippen LogP contribution in [0.2, 0.25) is 0 Å². The lowest BCUT2D eigenvalue weighted by molar-refractivity contribution is -0.114. The molecule has 0 amide bonds. The van der Waals surface area contributed by atoms with Crippen molar-refractivity contribution in [2.24, 2.45) is 5.92 Å². The fourth-order valence-electron chi connectivity index (χ4n) is 2.35. The summed E-state index contributed by atoms with van der Waals surface area (Å²) < 4.78 is 49.0. The van der Waals surface area contributed by atoms with Crippen LogP contribution in [0.3, 0.4) is 0 Å². The molecule has 1 atom stereocenters. The molecule has 2 aliphatic rings. The number of hydrogen-bond donors (Lipinski definition) is 0. The van der Waals surface area contributed by atoms with Crippen LogP contribution in [0.1, 0.15) is 13.3 Å². The number of alkyl halides is 4. The van der Waals surface area contributed by atoms with Crippen molar-refractivity contribution in [3.05, 3.63) is 23.3 Å². The van der Waals surface area contributed by atoms with E-state index in [1.165, 1.54) is 6.08 Å². The Labute approximate surface area is 112 Å². The van der Waals surface area contributed by atoms with Gasteiger partial charge in [-0.05, 0) is 17.9 Å². The van der Waals surface area contributed by atoms with Crippen molar-refractivity contribution >= 4 is 15.9 Å². The average Bonchev–Trinajstić information content (AvgIpc) is 2.77. The Hall–Kier alpha value is -0.330. The minimum atomic E-state index is -4.25. The van der Waals surface area contributed by atoms with Crippen molar-refractivity contribution in [2.75, 3.05) is 18.5 Å². The molecule has 1 aliphatic carbocycles. The van der Waals surface area contributed by atoms with E-state index in [2.05, 4.69) is 15.9 Å². The molecule has 0 aromatic heterocycles. The summed E-state index contributed by atoms with van der Waals surface area (Å²) in [5.41, 5.74) is 0.270. The number of ether oxygens (including phenoxy) is 2. The molecule has 6 heteroatoms. The van der Waals surface area contributed by atoms with Crippen LogP contribution < -0.4 is 0 Å². The third kappa shape index (κ3) is 2.51. The van der Waals surface area contributed by atoms with Crippen molar-refractivity contribution in [1.82, 2.24) is 0 Å². The average molecular weight is 327 g/mol. The maximum atomic E-state index is 12.6. The highest BCUT2D eigenvalue weighted by atomic mass is 79.9. The minimum Gasteiger partial charge on any atom is -0.343 e. The van der Waals surface area contributed by atoms with Gasteiger partial charge in [0.25, 0.3) is 0 Å². The lowest BCUT2D eigenvalue weighted by Crippen LogP contribution is -2.38. The van der Waals surface area contributed by atoms with E-state index in [-0.39, 0.29) is 12.3 Å². The van der Waals surface area contributed by atoms with E-state index in [1.807, 2.05) is 0 Å². The van der Waals surface area contributed by atoms with Gasteiger partial charge >= 0.3 is 6.18 Å². The van der Waals surface area contributed by atoms with Crippen LogP contribution in [-0.4, -0.2) is 30.5 Å². The molecule has 1 aliphatic heterocycles. The van der Waals surface area contributed by atoms with Gasteiger partial charge in [-0.25, -0.2) is 0 Å². The minimum absolute atomic E-state index is 0.0309. The maximum absolute atomic E-state index is 12.6. The molecule has 102 valence electrons. The fraction of sp³-hybridized carbons (Fsp3) is 0.667. The normalized spacial score (nSPS) is 27.9. The highest BCUT2D eigenvalue weighted by Crippen LogP contribution is 2.42. The molecule has 0 saturated carbocycles. The second kappa shape index (κ2) is 4.98. The zero-order valence-corrected chi connectivity index (χ0v) is 11.5. The summed E-state index contributed by atoms with van der Waals surface area (Å²) in [7, 11) is 0. The van der Waals surface area contributed by atoms with Gasteiger partial charge in [-0.15, -0.1) is 0 Å². The third-order valence-electron chi connectivity index (χ3n) is 3.25. The Morgan fingerprint density at radius 2 is 1.94 bits per heavy atom. The van der Waals surface area contributed by atoms with Crippen molar-refractivity contribution < 1.29 is 22.6 Å². The van der Waals surface area contributed by atoms with Crippen LogP contribution in [0.15, 0.2) is 23.3 Å². The summed E-state index contributed by atoms with van der Waals surface area (Å²) >= 11 is 3.32. The summed E-state index contributed by atoms with van der Waals surface area (Å²) in [5.74, 6) is -1.14. The lowest BCUT2D eigenvalue weighted by Gasteiger charge is -2.34. The fourth-order valence-corrected chi connectivity index (χ4v) is 3.00. The van der Waals surface area contributed by atoms with E-state index < -0.39 is 17.5 Å². The first kappa shape index (κ1) is 14.1. The molecule has 1 saturated heterocycles. The van der Waals surface area contributed by atoms with E-state index in [9.17, 15) is 13.2 Å². The summed E-state index contributed by atoms with van der Waals surface area (Å²) in [6.45, 7) is 2.69. The molecule has 1 unspecified atom stereocenters. The maximum Gasteiger partial charge on any atom is 0.412 e. The number of allylic oxidation sites excluding steroid dienone is 3. The molecular formula is C12H14BrF3O2. The number of halogens is 4. The van der Waals surface area contributed by atoms with E-state index in [4.69, 9.17) is 9.47 Å². The van der Waals surface area contributed by atoms with Crippen LogP contribution in [0, 0.1) is 5.92 Å². The zero-order chi connectivity index (χ0) is 13.4. The highest BCUT2D eigenvalue weighted by molar-refractivity contribution is 9.09. The van der Waals surface area contributed by atoms with Gasteiger partial charge < -0.3 is 9.47 Å². The predicted octanol–water partition coefficient (Wildman–Crippen LogP) is 3.58. The molecule has 0 bridgehead atoms. The SMILES string of the molecule is CC1CC(C(F)(F)F)=CC=C1C1(CBr)OCCO1. The lowest BCUT2D eigenvalue weighted by atomic mass is 9.84. The van der Waals surface area contributed by atoms with Gasteiger partial charge in [0, 0.05) is 5.57 Å². The largest absolute Gasteiger partial charge is 0.412 e. The zero-order valence-electron chi connectivity index (χ0n) is 9.89. The van der Waals surface area contributed by atoms with Crippen LogP contribution in [0.4, 0.5) is 13.2 Å². The molecule has 0 aromatic rings. The number of rotatable bonds is 2. The quantitative estimate of drug-likeness (QED) is 0.722. The van der Waals surface area contributed by atoms with Crippen LogP contribution >= 0.6 is 15.9 Å². The van der Waals surface area contributed by atoms with Gasteiger partial charge in [0.1, 0.15) is 0 Å². The van der Waals surface area contributed by atoms with Crippen molar-refractivity contribution in [3.8, 4) is 0 Å². The van der Waals surface area contributed by atoms with Crippen LogP contribution in [-0.2, 0) is 9.47 Å². The third-order valence-corrected chi connectivity index (χ3v) is 3.99. The predicted molar refractivity (Wildman–Crippen MR) is 64.4 cm³/mol. The van der Waals surface area contributed by atoms with Crippen molar-refractivity contribution in [3.63, 3.8) is 0 Å². The van der Waals surface area contributed by atoms with Gasteiger partial charge in [0.15, 0.2) is 0 Å². The highest BCUT2D eigenvalue weighted by Gasteiger charge is 2.44. The first-order valence-electron chi connectivity index (χ1n) is 5.71. The van der Waals surface area contributed by atoms with E-state index in [1.54, 1.807) is 6.92 Å². The first-order valence-corrected chi connectivity index (χ1v) is 6.83. The molecule has 18 heavy (non-hydrogen) atoms. The van der Waals surface area contributed by atoms with E-state index in [0.29, 0.717) is 18.5 Å². The molecule has 2 nitrogen and oxygen atoms in total. The van der Waals surface area contributed by atoms with Crippen LogP contribution in [0.25, 0.3) is 0 Å². The Morgan fingerprint density at radius 3 is 2.39 bits per heavy atom. The van der Waals surface area contributed by atoms with Gasteiger partial charge in [-0.1, -0.05) is 35.0 Å². The molecule has 0 spiro atoms. The van der Waals surface area contributed by atoms with Gasteiger partial charge in [-0.3, -0.25) is 0 Å². The summed E-state index contributed by atoms with van der Waals surface area (Å²) in [4.78, 5) is 0. The van der Waals surface area contributed by atoms with Gasteiger partial charge in [0.05, 0.1) is 18.5 Å². The summed E-state index contributed by atoms with van der Waals surface area (Å²) in [5, 5.41) is 0.422. The molecule has 0 N–H and O–H groups in total. The van der Waals surface area contributed by atoms with Gasteiger partial charge in [0.2, 0.25) is 5.79 Å². The standard InChI is InChI=1S/C12H14BrF3O2/c1-8-6-9(12(14,15)16)2-3-10(8)11(7-13)17-4-5-18-11/h2-3,8H,4-7H2,1H3. The van der Waals surface area contributed by atoms with E-state index in [0.717, 1.165) is 11.6 Å². The van der Waals surface area contributed by atoms with Gasteiger partial charge in [-0.2, -0.15) is 13.2 Å². The summed E-state index contributed by atoms with van der Waals surface area (Å²) in [6, 6.07) is 0. The van der Waals surface area contributed by atoms with Crippen LogP contribution in [0.5, 0.6) is 0 Å². The molecular weight excluding hydrogens is 313 g/mol. The molecule has 0 radical (unpaired) electrons. The number of hydrogen-bond acceptors (Lipinski definition) is 2. The first-order chi connectivity index (χ1) is 8.39. The second-order valence-corrected chi connectivity index (χ2v) is 5.06. The topological polar surface area (TPSA) is 18.5 Å². The molecule has 1 heterocycles. The Bertz CT molecular complexity index is 381. The second-order valence-electron chi connectivity index (χ2n) is 4.50. The Morgan fingerprint density at radius 1 is 1.33 bits per heavy atom. The molecule has 2 rings (SSSR count). The molecule has 1 fully saturated rings. The van der Waals surface area contributed by atoms with Crippen molar-refractivity contribution in [2.45, 2.75) is 25.3 Å². The molecule has 0 aromatic carbocycles. The van der Waals surface area contributed by atoms with Crippen molar-refractivity contribution in [1.29, 1.82) is 0 Å². The van der Waals surface area contributed by atoms with E-state index >= 15 is 0 Å². The summed E-state index contributed by atoms with van der Waals surface area (Å²) in [6.07, 6.45) is -1.67. The monoisotopic (exact) mass is 326 g/mol.